The van der Waals surface area contributed by atoms with Crippen LogP contribution in [0, 0.1) is 79.1 Å². The van der Waals surface area contributed by atoms with Crippen LogP contribution in [-0.2, 0) is 26.2 Å². The predicted octanol–water partition coefficient (Wildman–Crippen LogP) is 7.01. The summed E-state index contributed by atoms with van der Waals surface area (Å²) >= 11 is 0. The van der Waals surface area contributed by atoms with Crippen molar-refractivity contribution in [1.82, 2.24) is 4.98 Å². The Morgan fingerprint density at radius 3 is 1.32 bits per heavy atom. The van der Waals surface area contributed by atoms with Gasteiger partial charge in [-0.05, 0) is 0 Å². The minimum atomic E-state index is 0. The van der Waals surface area contributed by atoms with Crippen LogP contribution in [0.3, 0.4) is 0 Å². The van der Waals surface area contributed by atoms with E-state index in [4.69, 9.17) is 0 Å². The van der Waals surface area contributed by atoms with E-state index in [0.717, 1.165) is 6.42 Å². The van der Waals surface area contributed by atoms with E-state index in [2.05, 4.69) is 23.3 Å². The van der Waals surface area contributed by atoms with Gasteiger partial charge in [-0.2, -0.15) is 24.4 Å². The van der Waals surface area contributed by atoms with Crippen LogP contribution in [0.2, 0.25) is 0 Å². The number of aromatic amines is 1. The second kappa shape index (κ2) is 83.0. The molecule has 1 aliphatic carbocycles. The van der Waals surface area contributed by atoms with Crippen molar-refractivity contribution in [3.63, 3.8) is 0 Å². The first kappa shape index (κ1) is 95.8. The fourth-order valence-corrected chi connectivity index (χ4v) is 0.581. The number of nitrogens with one attached hydrogen (secondary N) is 1. The van der Waals surface area contributed by atoms with E-state index in [1.54, 1.807) is 0 Å². The molecular formula is C18H38Cl2NZr-11. The monoisotopic (exact) mass is 428 g/mol. The zero-order valence-corrected chi connectivity index (χ0v) is 20.1. The molecule has 1 nitrogen and oxygen atoms in total. The standard InChI is InChI=1S/C5H5.C4H4N.9CH3.2ClH.Zr/c2*1-2-4-5-3-1;;;;;;;;;;;;/h1-3H,4H2;1-3,5H;9*1H3;2*1H;/q11*-1;;;. The van der Waals surface area contributed by atoms with E-state index >= 15 is 0 Å². The molecule has 1 aromatic rings. The van der Waals surface area contributed by atoms with Crippen molar-refractivity contribution < 1.29 is 26.2 Å². The Hall–Kier alpha value is 0.223. The molecule has 0 fully saturated rings. The van der Waals surface area contributed by atoms with Crippen LogP contribution in [-0.4, -0.2) is 4.98 Å². The second-order valence-corrected chi connectivity index (χ2v) is 1.82. The number of H-pyrrole nitrogens is 1. The predicted molar refractivity (Wildman–Crippen MR) is 113 cm³/mol. The Morgan fingerprint density at radius 1 is 0.773 bits per heavy atom. The van der Waals surface area contributed by atoms with Gasteiger partial charge in [-0.15, -0.1) is 37.4 Å². The molecule has 144 valence electrons. The largest absolute Gasteiger partial charge is 0.484 e. The Morgan fingerprint density at radius 2 is 1.23 bits per heavy atom. The molecule has 0 bridgehead atoms. The number of allylic oxidation sites excluding steroid dienone is 4. The maximum atomic E-state index is 2.99. The summed E-state index contributed by atoms with van der Waals surface area (Å²) in [7, 11) is 0. The average Bonchev–Trinajstić information content (AvgIpc) is 2.67. The van der Waals surface area contributed by atoms with Gasteiger partial charge in [0.05, 0.1) is 0 Å². The zero-order chi connectivity index (χ0) is 7.07. The van der Waals surface area contributed by atoms with Crippen molar-refractivity contribution in [2.45, 2.75) is 6.42 Å². The smallest absolute Gasteiger partial charge is 0 e. The van der Waals surface area contributed by atoms with Gasteiger partial charge >= 0.3 is 0 Å². The number of hydrogen-bond acceptors (Lipinski definition) is 0. The molecule has 1 aromatic heterocycles. The third-order valence-electron chi connectivity index (χ3n) is 1.03. The summed E-state index contributed by atoms with van der Waals surface area (Å²) in [4.78, 5) is 2.74. The summed E-state index contributed by atoms with van der Waals surface area (Å²) in [6, 6.07) is 3.71. The summed E-state index contributed by atoms with van der Waals surface area (Å²) in [5, 5.41) is 0. The van der Waals surface area contributed by atoms with Gasteiger partial charge in [0.25, 0.3) is 0 Å². The van der Waals surface area contributed by atoms with E-state index in [-0.39, 0.29) is 118 Å². The van der Waals surface area contributed by atoms with Crippen molar-refractivity contribution >= 4 is 24.8 Å². The molecule has 0 atom stereocenters. The minimum absolute atomic E-state index is 0. The van der Waals surface area contributed by atoms with Crippen LogP contribution < -0.4 is 0 Å². The van der Waals surface area contributed by atoms with Crippen molar-refractivity contribution in [1.29, 1.82) is 0 Å². The quantitative estimate of drug-likeness (QED) is 0.426. The SMILES string of the molecule is Cl.Cl.[C-]1=CC=CC1.[CH3-].[CH3-].[CH3-].[CH3-].[CH3-].[CH3-].[CH3-].[CH3-].[CH3-].[Zr].[c-]1ccc[nH]1. The summed E-state index contributed by atoms with van der Waals surface area (Å²) in [6.07, 6.45) is 14.6. The van der Waals surface area contributed by atoms with Crippen LogP contribution in [0.5, 0.6) is 0 Å². The molecule has 0 aromatic carbocycles. The van der Waals surface area contributed by atoms with Gasteiger partial charge in [0.15, 0.2) is 0 Å². The fraction of sp³-hybridized carbons (Fsp3) is 0.0556. The minimum Gasteiger partial charge on any atom is -0.484 e. The number of rotatable bonds is 0. The molecule has 0 aliphatic heterocycles. The maximum absolute atomic E-state index is 2.99. The molecule has 0 unspecified atom stereocenters. The number of hydrogen-bond donors (Lipinski definition) is 1. The first-order chi connectivity index (χ1) is 5.00. The second-order valence-electron chi connectivity index (χ2n) is 1.82. The van der Waals surface area contributed by atoms with Gasteiger partial charge < -0.3 is 71.8 Å². The van der Waals surface area contributed by atoms with Crippen molar-refractivity contribution in [3.8, 4) is 0 Å². The van der Waals surface area contributed by atoms with E-state index in [9.17, 15) is 0 Å². The molecule has 1 aliphatic rings. The summed E-state index contributed by atoms with van der Waals surface area (Å²) in [5.41, 5.74) is 0. The van der Waals surface area contributed by atoms with Gasteiger partial charge in [-0.25, -0.2) is 12.2 Å². The Kier molecular flexibility index (Phi) is 362. The Labute approximate surface area is 177 Å². The molecule has 22 heavy (non-hydrogen) atoms. The first-order valence-electron chi connectivity index (χ1n) is 3.21. The van der Waals surface area contributed by atoms with Crippen LogP contribution >= 0.6 is 24.8 Å². The van der Waals surface area contributed by atoms with Gasteiger partial charge in [-0.3, -0.25) is 6.08 Å². The molecule has 1 N–H and O–H groups in total. The van der Waals surface area contributed by atoms with Crippen molar-refractivity contribution in [2.24, 2.45) is 0 Å². The third kappa shape index (κ3) is 71.5. The van der Waals surface area contributed by atoms with Crippen LogP contribution in [0.4, 0.5) is 0 Å². The first-order valence-corrected chi connectivity index (χ1v) is 3.21. The van der Waals surface area contributed by atoms with E-state index in [1.807, 2.05) is 30.5 Å². The molecule has 0 radical (unpaired) electrons. The zero-order valence-electron chi connectivity index (χ0n) is 16.0. The topological polar surface area (TPSA) is 15.8 Å². The van der Waals surface area contributed by atoms with Gasteiger partial charge in [0.2, 0.25) is 0 Å². The molecule has 2 rings (SSSR count). The van der Waals surface area contributed by atoms with Crippen LogP contribution in [0.1, 0.15) is 6.42 Å². The summed E-state index contributed by atoms with van der Waals surface area (Å²) < 4.78 is 0. The number of halogens is 2. The van der Waals surface area contributed by atoms with E-state index in [1.165, 1.54) is 0 Å². The molecule has 0 amide bonds. The Bertz CT molecular complexity index is 184. The average molecular weight is 431 g/mol. The maximum Gasteiger partial charge on any atom is 0 e. The summed E-state index contributed by atoms with van der Waals surface area (Å²) in [5.74, 6) is 0. The summed E-state index contributed by atoms with van der Waals surface area (Å²) in [6.45, 7) is 0. The molecule has 4 heteroatoms. The normalized spacial score (nSPS) is 5.82. The van der Waals surface area contributed by atoms with Crippen LogP contribution in [0.25, 0.3) is 0 Å². The number of aromatic nitrogens is 1. The molecule has 1 heterocycles. The fourth-order valence-electron chi connectivity index (χ4n) is 0.581. The van der Waals surface area contributed by atoms with Gasteiger partial charge in [0.1, 0.15) is 0 Å². The van der Waals surface area contributed by atoms with Gasteiger partial charge in [-0.1, -0.05) is 0 Å². The van der Waals surface area contributed by atoms with Crippen molar-refractivity contribution in [2.75, 3.05) is 0 Å². The van der Waals surface area contributed by atoms with Gasteiger partial charge in [0, 0.05) is 26.2 Å². The molecule has 0 saturated heterocycles. The molecule has 0 spiro atoms. The van der Waals surface area contributed by atoms with E-state index in [0.29, 0.717) is 0 Å². The molecular weight excluding hydrogens is 392 g/mol. The Balaban J connectivity index is -0.00000000588. The van der Waals surface area contributed by atoms with E-state index < -0.39 is 0 Å². The van der Waals surface area contributed by atoms with Crippen LogP contribution in [0.15, 0.2) is 36.6 Å². The third-order valence-corrected chi connectivity index (χ3v) is 1.03. The molecule has 0 saturated carbocycles. The van der Waals surface area contributed by atoms with Crippen molar-refractivity contribution in [3.05, 3.63) is 116 Å².